The van der Waals surface area contributed by atoms with E-state index >= 15 is 0 Å². The summed E-state index contributed by atoms with van der Waals surface area (Å²) in [6.07, 6.45) is 22.8. The maximum Gasteiger partial charge on any atom is 1.00 e. The van der Waals surface area contributed by atoms with Gasteiger partial charge in [-0.25, -0.2) is 0 Å². The molecular weight excluding hydrogens is 239 g/mol. The number of rotatable bonds is 15. The summed E-state index contributed by atoms with van der Waals surface area (Å²) in [6, 6.07) is 0. The van der Waals surface area contributed by atoms with Crippen LogP contribution in [-0.4, -0.2) is 0 Å². The van der Waals surface area contributed by atoms with Gasteiger partial charge in [0.2, 0.25) is 0 Å². The maximum absolute atomic E-state index is 3.88. The van der Waals surface area contributed by atoms with Gasteiger partial charge in [0, 0.05) is 0 Å². The average Bonchev–Trinajstić information content (AvgIpc) is 2.39. The van der Waals surface area contributed by atoms with Crippen LogP contribution in [0.15, 0.2) is 0 Å². The van der Waals surface area contributed by atoms with Crippen molar-refractivity contribution in [2.75, 3.05) is 0 Å². The second-order valence-electron chi connectivity index (χ2n) is 5.80. The minimum atomic E-state index is 0. The van der Waals surface area contributed by atoms with Crippen LogP contribution in [0.4, 0.5) is 0 Å². The Hall–Kier alpha value is 1.00. The first kappa shape index (κ1) is 22.3. The van der Waals surface area contributed by atoms with Gasteiger partial charge in [-0.05, 0) is 0 Å². The normalized spacial score (nSPS) is 10.4. The van der Waals surface area contributed by atoms with Crippen LogP contribution in [0.1, 0.15) is 110 Å². The van der Waals surface area contributed by atoms with E-state index in [-0.39, 0.29) is 29.6 Å². The van der Waals surface area contributed by atoms with Crippen LogP contribution >= 0.6 is 0 Å². The summed E-state index contributed by atoms with van der Waals surface area (Å²) in [4.78, 5) is 0. The predicted octanol–water partition coefficient (Wildman–Crippen LogP) is 4.09. The molecule has 0 nitrogen and oxygen atoms in total. The van der Waals surface area contributed by atoms with Crippen LogP contribution in [0.3, 0.4) is 0 Å². The zero-order chi connectivity index (χ0) is 13.3. The molecule has 0 radical (unpaired) electrons. The standard InChI is InChI=1S/C18H37.Na/c1-3-5-7-9-11-13-15-17-18-16-14-12-10-8-6-4-2;/h1,3-18H2,2H3;/q-1;+1. The first-order chi connectivity index (χ1) is 8.91. The van der Waals surface area contributed by atoms with Crippen molar-refractivity contribution in [3.05, 3.63) is 6.92 Å². The zero-order valence-electron chi connectivity index (χ0n) is 14.0. The van der Waals surface area contributed by atoms with Crippen LogP contribution < -0.4 is 29.6 Å². The number of hydrogen-bond acceptors (Lipinski definition) is 0. The Labute approximate surface area is 145 Å². The summed E-state index contributed by atoms with van der Waals surface area (Å²) in [5, 5.41) is 0. The fraction of sp³-hybridized carbons (Fsp3) is 0.944. The summed E-state index contributed by atoms with van der Waals surface area (Å²) >= 11 is 0. The smallest absolute Gasteiger partial charge is 0.343 e. The Morgan fingerprint density at radius 2 is 0.737 bits per heavy atom. The first-order valence-corrected chi connectivity index (χ1v) is 8.71. The fourth-order valence-corrected chi connectivity index (χ4v) is 2.55. The second-order valence-corrected chi connectivity index (χ2v) is 5.80. The van der Waals surface area contributed by atoms with Gasteiger partial charge in [-0.15, -0.1) is 0 Å². The van der Waals surface area contributed by atoms with Crippen LogP contribution in [0.25, 0.3) is 0 Å². The van der Waals surface area contributed by atoms with Crippen molar-refractivity contribution in [3.63, 3.8) is 0 Å². The Bertz CT molecular complexity index is 118. The topological polar surface area (TPSA) is 0 Å². The van der Waals surface area contributed by atoms with Crippen molar-refractivity contribution in [2.24, 2.45) is 0 Å². The summed E-state index contributed by atoms with van der Waals surface area (Å²) in [5.74, 6) is 0. The van der Waals surface area contributed by atoms with Crippen molar-refractivity contribution in [1.82, 2.24) is 0 Å². The zero-order valence-corrected chi connectivity index (χ0v) is 16.0. The average molecular weight is 276 g/mol. The summed E-state index contributed by atoms with van der Waals surface area (Å²) in [7, 11) is 0. The number of unbranched alkanes of at least 4 members (excludes halogenated alkanes) is 15. The van der Waals surface area contributed by atoms with Gasteiger partial charge >= 0.3 is 29.6 Å². The van der Waals surface area contributed by atoms with Gasteiger partial charge in [-0.1, -0.05) is 103 Å². The molecule has 0 N–H and O–H groups in total. The molecule has 0 aromatic rings. The molecular formula is C18H37Na. The molecule has 19 heavy (non-hydrogen) atoms. The Kier molecular flexibility index (Phi) is 25.0. The van der Waals surface area contributed by atoms with Gasteiger partial charge in [-0.3, -0.25) is 0 Å². The SMILES string of the molecule is [CH2-]CCCCCCCCCCCCCCCCC.[Na+]. The Balaban J connectivity index is 0. The van der Waals surface area contributed by atoms with E-state index in [9.17, 15) is 0 Å². The van der Waals surface area contributed by atoms with Crippen molar-refractivity contribution in [1.29, 1.82) is 0 Å². The molecule has 1 heteroatoms. The van der Waals surface area contributed by atoms with Gasteiger partial charge in [-0.2, -0.15) is 6.42 Å². The molecule has 110 valence electrons. The van der Waals surface area contributed by atoms with Crippen molar-refractivity contribution >= 4 is 0 Å². The molecule has 0 aliphatic carbocycles. The van der Waals surface area contributed by atoms with E-state index in [1.807, 2.05) is 0 Å². The summed E-state index contributed by atoms with van der Waals surface area (Å²) < 4.78 is 0. The quantitative estimate of drug-likeness (QED) is 0.240. The third-order valence-corrected chi connectivity index (χ3v) is 3.85. The molecule has 0 aliphatic rings. The van der Waals surface area contributed by atoms with Gasteiger partial charge in [0.1, 0.15) is 0 Å². The summed E-state index contributed by atoms with van der Waals surface area (Å²) in [5.41, 5.74) is 0. The van der Waals surface area contributed by atoms with Crippen LogP contribution in [0.2, 0.25) is 0 Å². The van der Waals surface area contributed by atoms with Crippen LogP contribution in [-0.2, 0) is 0 Å². The molecule has 0 saturated carbocycles. The molecule has 0 atom stereocenters. The minimum absolute atomic E-state index is 0. The second kappa shape index (κ2) is 21.3. The van der Waals surface area contributed by atoms with E-state index in [0.29, 0.717) is 0 Å². The van der Waals surface area contributed by atoms with Gasteiger partial charge < -0.3 is 6.92 Å². The monoisotopic (exact) mass is 276 g/mol. The van der Waals surface area contributed by atoms with Crippen molar-refractivity contribution in [3.8, 4) is 0 Å². The van der Waals surface area contributed by atoms with E-state index in [4.69, 9.17) is 0 Å². The van der Waals surface area contributed by atoms with Crippen molar-refractivity contribution < 1.29 is 29.6 Å². The third-order valence-electron chi connectivity index (χ3n) is 3.85. The van der Waals surface area contributed by atoms with Gasteiger partial charge in [0.05, 0.1) is 0 Å². The maximum atomic E-state index is 3.88. The van der Waals surface area contributed by atoms with Crippen molar-refractivity contribution in [2.45, 2.75) is 110 Å². The molecule has 0 rings (SSSR count). The molecule has 0 aromatic heterocycles. The predicted molar refractivity (Wildman–Crippen MR) is 84.9 cm³/mol. The molecule has 0 spiro atoms. The van der Waals surface area contributed by atoms with Gasteiger partial charge in [0.25, 0.3) is 0 Å². The Morgan fingerprint density at radius 1 is 0.474 bits per heavy atom. The fourth-order valence-electron chi connectivity index (χ4n) is 2.55. The molecule has 0 aliphatic heterocycles. The van der Waals surface area contributed by atoms with E-state index in [0.717, 1.165) is 6.42 Å². The van der Waals surface area contributed by atoms with E-state index in [1.54, 1.807) is 0 Å². The van der Waals surface area contributed by atoms with E-state index in [1.165, 1.54) is 96.3 Å². The molecule has 0 saturated heterocycles. The summed E-state index contributed by atoms with van der Waals surface area (Å²) in [6.45, 7) is 6.18. The molecule has 0 bridgehead atoms. The molecule has 0 aromatic carbocycles. The van der Waals surface area contributed by atoms with Crippen LogP contribution in [0, 0.1) is 6.92 Å². The molecule has 0 amide bonds. The first-order valence-electron chi connectivity index (χ1n) is 8.71. The van der Waals surface area contributed by atoms with Crippen LogP contribution in [0.5, 0.6) is 0 Å². The largest absolute Gasteiger partial charge is 1.00 e. The molecule has 0 unspecified atom stereocenters. The number of hydrogen-bond donors (Lipinski definition) is 0. The van der Waals surface area contributed by atoms with E-state index in [2.05, 4.69) is 13.8 Å². The Morgan fingerprint density at radius 3 is 1.00 bits per heavy atom. The molecule has 0 heterocycles. The third kappa shape index (κ3) is 21.4. The van der Waals surface area contributed by atoms with E-state index < -0.39 is 0 Å². The van der Waals surface area contributed by atoms with Gasteiger partial charge in [0.15, 0.2) is 0 Å². The molecule has 0 fully saturated rings. The minimum Gasteiger partial charge on any atom is -0.343 e.